The monoisotopic (exact) mass is 188 g/mol. The van der Waals surface area contributed by atoms with Gasteiger partial charge in [0.2, 0.25) is 0 Å². The van der Waals surface area contributed by atoms with Gasteiger partial charge in [-0.3, -0.25) is 4.79 Å². The summed E-state index contributed by atoms with van der Waals surface area (Å²) >= 11 is 0. The lowest BCUT2D eigenvalue weighted by atomic mass is 9.93. The zero-order valence-electron chi connectivity index (χ0n) is 8.12. The third kappa shape index (κ3) is 1.55. The Morgan fingerprint density at radius 1 is 1.36 bits per heavy atom. The highest BCUT2D eigenvalue weighted by Crippen LogP contribution is 2.26. The molecule has 2 heteroatoms. The van der Waals surface area contributed by atoms with Gasteiger partial charge < -0.3 is 4.74 Å². The molecule has 1 aromatic carbocycles. The van der Waals surface area contributed by atoms with Crippen LogP contribution in [0.5, 0.6) is 5.75 Å². The number of hydrogen-bond donors (Lipinski definition) is 0. The number of allylic oxidation sites excluding steroid dienone is 1. The fraction of sp³-hybridized carbons (Fsp3) is 0.250. The minimum Gasteiger partial charge on any atom is -0.497 e. The molecule has 14 heavy (non-hydrogen) atoms. The number of fused-ring (bicyclic) bond motifs is 1. The first kappa shape index (κ1) is 9.00. The summed E-state index contributed by atoms with van der Waals surface area (Å²) in [5.41, 5.74) is 3.27. The van der Waals surface area contributed by atoms with E-state index < -0.39 is 0 Å². The van der Waals surface area contributed by atoms with E-state index in [4.69, 9.17) is 4.74 Å². The van der Waals surface area contributed by atoms with Crippen LogP contribution in [0.1, 0.15) is 17.5 Å². The van der Waals surface area contributed by atoms with Gasteiger partial charge >= 0.3 is 0 Å². The minimum atomic E-state index is 0.837. The number of methoxy groups -OCH3 is 1. The molecule has 0 atom stereocenters. The molecule has 0 bridgehead atoms. The molecule has 0 aliphatic heterocycles. The Balaban J connectivity index is 2.41. The smallest absolute Gasteiger partial charge is 0.146 e. The number of carbonyl (C=O) groups excluding carboxylic acids is 1. The number of aryl methyl sites for hydroxylation is 1. The molecule has 1 aliphatic rings. The molecule has 0 radical (unpaired) electrons. The van der Waals surface area contributed by atoms with Gasteiger partial charge in [-0.05, 0) is 47.8 Å². The van der Waals surface area contributed by atoms with Gasteiger partial charge in [0.15, 0.2) is 0 Å². The molecule has 0 heterocycles. The van der Waals surface area contributed by atoms with E-state index in [1.165, 1.54) is 5.56 Å². The van der Waals surface area contributed by atoms with E-state index in [1.807, 2.05) is 24.3 Å². The van der Waals surface area contributed by atoms with Gasteiger partial charge in [-0.15, -0.1) is 0 Å². The summed E-state index contributed by atoms with van der Waals surface area (Å²) in [5, 5.41) is 0. The molecule has 72 valence electrons. The van der Waals surface area contributed by atoms with Gasteiger partial charge in [-0.1, -0.05) is 6.07 Å². The van der Waals surface area contributed by atoms with E-state index in [9.17, 15) is 4.79 Å². The molecule has 0 N–H and O–H groups in total. The van der Waals surface area contributed by atoms with E-state index in [0.29, 0.717) is 0 Å². The van der Waals surface area contributed by atoms with Crippen molar-refractivity contribution < 1.29 is 9.53 Å². The van der Waals surface area contributed by atoms with E-state index in [-0.39, 0.29) is 0 Å². The maximum absolute atomic E-state index is 10.6. The number of ether oxygens (including phenoxy) is 1. The van der Waals surface area contributed by atoms with Crippen molar-refractivity contribution in [2.45, 2.75) is 12.8 Å². The number of rotatable bonds is 2. The lowest BCUT2D eigenvalue weighted by molar-refractivity contribution is -0.105. The Kier molecular flexibility index (Phi) is 2.35. The van der Waals surface area contributed by atoms with Gasteiger partial charge in [0.05, 0.1) is 7.11 Å². The Morgan fingerprint density at radius 3 is 2.93 bits per heavy atom. The molecule has 0 spiro atoms. The minimum absolute atomic E-state index is 0.837. The van der Waals surface area contributed by atoms with Crippen molar-refractivity contribution in [3.05, 3.63) is 34.9 Å². The lowest BCUT2D eigenvalue weighted by Crippen LogP contribution is -2.00. The SMILES string of the molecule is COc1ccc2c(c1)CCC(C=O)=C2. The first-order valence-electron chi connectivity index (χ1n) is 4.66. The fourth-order valence-electron chi connectivity index (χ4n) is 1.71. The van der Waals surface area contributed by atoms with Crippen LogP contribution in [0.2, 0.25) is 0 Å². The Bertz CT molecular complexity index is 391. The van der Waals surface area contributed by atoms with Crippen LogP contribution in [-0.2, 0) is 11.2 Å². The van der Waals surface area contributed by atoms with Crippen LogP contribution in [0.3, 0.4) is 0 Å². The predicted molar refractivity (Wildman–Crippen MR) is 55.4 cm³/mol. The lowest BCUT2D eigenvalue weighted by Gasteiger charge is -2.13. The molecule has 2 rings (SSSR count). The highest BCUT2D eigenvalue weighted by Gasteiger charge is 2.10. The molecule has 0 aromatic heterocycles. The van der Waals surface area contributed by atoms with Crippen LogP contribution in [0.15, 0.2) is 23.8 Å². The Hall–Kier alpha value is -1.57. The standard InChI is InChI=1S/C12H12O2/c1-14-12-5-4-10-6-9(8-13)2-3-11(10)7-12/h4-8H,2-3H2,1H3. The maximum atomic E-state index is 10.6. The van der Waals surface area contributed by atoms with Gasteiger partial charge in [0.1, 0.15) is 12.0 Å². The van der Waals surface area contributed by atoms with Gasteiger partial charge in [-0.25, -0.2) is 0 Å². The molecule has 0 amide bonds. The Labute approximate surface area is 83.2 Å². The average Bonchev–Trinajstić information content (AvgIpc) is 2.27. The zero-order chi connectivity index (χ0) is 9.97. The molecule has 0 fully saturated rings. The van der Waals surface area contributed by atoms with Gasteiger partial charge in [0, 0.05) is 0 Å². The fourth-order valence-corrected chi connectivity index (χ4v) is 1.71. The van der Waals surface area contributed by atoms with Crippen molar-refractivity contribution in [2.24, 2.45) is 0 Å². The van der Waals surface area contributed by atoms with Crippen LogP contribution in [-0.4, -0.2) is 13.4 Å². The summed E-state index contributed by atoms with van der Waals surface area (Å²) in [6.45, 7) is 0. The second-order valence-electron chi connectivity index (χ2n) is 3.40. The third-order valence-electron chi connectivity index (χ3n) is 2.53. The molecule has 2 nitrogen and oxygen atoms in total. The summed E-state index contributed by atoms with van der Waals surface area (Å²) in [6.07, 6.45) is 4.65. The van der Waals surface area contributed by atoms with E-state index in [1.54, 1.807) is 7.11 Å². The van der Waals surface area contributed by atoms with Crippen molar-refractivity contribution in [2.75, 3.05) is 7.11 Å². The van der Waals surface area contributed by atoms with Crippen molar-refractivity contribution in [1.29, 1.82) is 0 Å². The number of carbonyl (C=O) groups is 1. The topological polar surface area (TPSA) is 26.3 Å². The average molecular weight is 188 g/mol. The quantitative estimate of drug-likeness (QED) is 0.665. The van der Waals surface area contributed by atoms with E-state index in [0.717, 1.165) is 36.0 Å². The van der Waals surface area contributed by atoms with Crippen LogP contribution in [0.25, 0.3) is 6.08 Å². The maximum Gasteiger partial charge on any atom is 0.146 e. The number of hydrogen-bond acceptors (Lipinski definition) is 2. The highest BCUT2D eigenvalue weighted by atomic mass is 16.5. The van der Waals surface area contributed by atoms with Crippen LogP contribution in [0, 0.1) is 0 Å². The summed E-state index contributed by atoms with van der Waals surface area (Å²) < 4.78 is 5.14. The first-order valence-corrected chi connectivity index (χ1v) is 4.66. The van der Waals surface area contributed by atoms with Crippen LogP contribution >= 0.6 is 0 Å². The second kappa shape index (κ2) is 3.66. The Morgan fingerprint density at radius 2 is 2.21 bits per heavy atom. The van der Waals surface area contributed by atoms with Crippen molar-refractivity contribution in [3.63, 3.8) is 0 Å². The van der Waals surface area contributed by atoms with Crippen molar-refractivity contribution >= 4 is 12.4 Å². The van der Waals surface area contributed by atoms with E-state index >= 15 is 0 Å². The van der Waals surface area contributed by atoms with Crippen molar-refractivity contribution in [1.82, 2.24) is 0 Å². The summed E-state index contributed by atoms with van der Waals surface area (Å²) in [7, 11) is 1.66. The molecular weight excluding hydrogens is 176 g/mol. The predicted octanol–water partition coefficient (Wildman–Crippen LogP) is 2.22. The number of benzene rings is 1. The normalized spacial score (nSPS) is 14.2. The zero-order valence-corrected chi connectivity index (χ0v) is 8.12. The first-order chi connectivity index (χ1) is 6.83. The highest BCUT2D eigenvalue weighted by molar-refractivity contribution is 5.83. The van der Waals surface area contributed by atoms with Crippen LogP contribution in [0.4, 0.5) is 0 Å². The van der Waals surface area contributed by atoms with Gasteiger partial charge in [0.25, 0.3) is 0 Å². The largest absolute Gasteiger partial charge is 0.497 e. The molecule has 1 aromatic rings. The van der Waals surface area contributed by atoms with E-state index in [2.05, 4.69) is 0 Å². The molecular formula is C12H12O2. The van der Waals surface area contributed by atoms with Crippen LogP contribution < -0.4 is 4.74 Å². The van der Waals surface area contributed by atoms with Crippen molar-refractivity contribution in [3.8, 4) is 5.75 Å². The molecule has 0 saturated carbocycles. The summed E-state index contributed by atoms with van der Waals surface area (Å²) in [5.74, 6) is 0.881. The number of aldehydes is 1. The molecule has 0 unspecified atom stereocenters. The van der Waals surface area contributed by atoms with Gasteiger partial charge in [-0.2, -0.15) is 0 Å². The molecule has 0 saturated heterocycles. The second-order valence-corrected chi connectivity index (χ2v) is 3.40. The summed E-state index contributed by atoms with van der Waals surface area (Å²) in [6, 6.07) is 5.95. The third-order valence-corrected chi connectivity index (χ3v) is 2.53. The summed E-state index contributed by atoms with van der Waals surface area (Å²) in [4.78, 5) is 10.6. The molecule has 1 aliphatic carbocycles.